The van der Waals surface area contributed by atoms with Gasteiger partial charge in [0.1, 0.15) is 10.9 Å². The Labute approximate surface area is 173 Å². The molecule has 164 valence electrons. The molecule has 0 aliphatic heterocycles. The van der Waals surface area contributed by atoms with Crippen LogP contribution in [0.25, 0.3) is 0 Å². The fourth-order valence-electron chi connectivity index (χ4n) is 2.46. The van der Waals surface area contributed by atoms with E-state index in [1.165, 1.54) is 6.92 Å². The van der Waals surface area contributed by atoms with Crippen molar-refractivity contribution in [3.8, 4) is 0 Å². The summed E-state index contributed by atoms with van der Waals surface area (Å²) in [5, 5.41) is 0.909. The molecule has 1 atom stereocenters. The number of pyridine rings is 1. The smallest absolute Gasteiger partial charge is 0.410 e. The highest BCUT2D eigenvalue weighted by Crippen LogP contribution is 2.13. The SMILES string of the molecule is CC(C)S(=O)(=O)C(C)C(=O)NCCCN(Cc1cccnc1)C(=O)OC(C)(C)C. The van der Waals surface area contributed by atoms with Crippen LogP contribution in [-0.2, 0) is 25.9 Å². The maximum Gasteiger partial charge on any atom is 0.410 e. The third kappa shape index (κ3) is 8.39. The lowest BCUT2D eigenvalue weighted by atomic mass is 10.2. The van der Waals surface area contributed by atoms with Gasteiger partial charge in [0.2, 0.25) is 5.91 Å². The van der Waals surface area contributed by atoms with Crippen molar-refractivity contribution in [2.75, 3.05) is 13.1 Å². The van der Waals surface area contributed by atoms with Gasteiger partial charge in [-0.15, -0.1) is 0 Å². The third-order valence-electron chi connectivity index (χ3n) is 4.17. The van der Waals surface area contributed by atoms with Crippen LogP contribution in [0.15, 0.2) is 24.5 Å². The Morgan fingerprint density at radius 2 is 1.90 bits per heavy atom. The molecule has 9 heteroatoms. The number of carbonyl (C=O) groups excluding carboxylic acids is 2. The van der Waals surface area contributed by atoms with Crippen LogP contribution in [-0.4, -0.2) is 59.5 Å². The van der Waals surface area contributed by atoms with Crippen LogP contribution in [0.4, 0.5) is 4.79 Å². The molecule has 0 bridgehead atoms. The molecule has 0 radical (unpaired) electrons. The summed E-state index contributed by atoms with van der Waals surface area (Å²) in [6.07, 6.45) is 3.34. The lowest BCUT2D eigenvalue weighted by Crippen LogP contribution is -2.42. The molecule has 1 aromatic rings. The standard InChI is InChI=1S/C20H33N3O5S/c1-15(2)29(26,27)16(3)18(24)22-11-8-12-23(19(25)28-20(4,5)6)14-17-9-7-10-21-13-17/h7,9-10,13,15-16H,8,11-12,14H2,1-6H3,(H,22,24). The molecule has 1 unspecified atom stereocenters. The molecule has 1 aromatic heterocycles. The van der Waals surface area contributed by atoms with E-state index in [0.29, 0.717) is 19.5 Å². The average Bonchev–Trinajstić information content (AvgIpc) is 2.62. The Morgan fingerprint density at radius 1 is 1.24 bits per heavy atom. The van der Waals surface area contributed by atoms with Crippen LogP contribution in [0, 0.1) is 0 Å². The number of nitrogens with zero attached hydrogens (tertiary/aromatic N) is 2. The Bertz CT molecular complexity index is 773. The fourth-order valence-corrected chi connectivity index (χ4v) is 3.65. The summed E-state index contributed by atoms with van der Waals surface area (Å²) in [5.74, 6) is -0.533. The van der Waals surface area contributed by atoms with Crippen molar-refractivity contribution < 1.29 is 22.7 Å². The summed E-state index contributed by atoms with van der Waals surface area (Å²) in [6, 6.07) is 3.66. The molecule has 0 saturated carbocycles. The van der Waals surface area contributed by atoms with E-state index >= 15 is 0 Å². The minimum atomic E-state index is -3.51. The van der Waals surface area contributed by atoms with E-state index in [4.69, 9.17) is 4.74 Å². The highest BCUT2D eigenvalue weighted by atomic mass is 32.2. The zero-order chi connectivity index (χ0) is 22.2. The number of hydrogen-bond acceptors (Lipinski definition) is 6. The Morgan fingerprint density at radius 3 is 2.41 bits per heavy atom. The van der Waals surface area contributed by atoms with Crippen molar-refractivity contribution in [2.24, 2.45) is 0 Å². The van der Waals surface area contributed by atoms with Gasteiger partial charge in [-0.05, 0) is 59.6 Å². The van der Waals surface area contributed by atoms with Crippen LogP contribution in [0.1, 0.15) is 53.5 Å². The van der Waals surface area contributed by atoms with Gasteiger partial charge in [0, 0.05) is 25.5 Å². The molecule has 8 nitrogen and oxygen atoms in total. The van der Waals surface area contributed by atoms with Gasteiger partial charge in [-0.2, -0.15) is 0 Å². The van der Waals surface area contributed by atoms with Crippen LogP contribution in [0.2, 0.25) is 0 Å². The van der Waals surface area contributed by atoms with Crippen LogP contribution < -0.4 is 5.32 Å². The first-order valence-electron chi connectivity index (χ1n) is 9.72. The monoisotopic (exact) mass is 427 g/mol. The van der Waals surface area contributed by atoms with E-state index < -0.39 is 37.9 Å². The van der Waals surface area contributed by atoms with Gasteiger partial charge in [0.25, 0.3) is 0 Å². The first kappa shape index (κ1) is 24.9. The first-order valence-corrected chi connectivity index (χ1v) is 11.3. The zero-order valence-electron chi connectivity index (χ0n) is 18.1. The largest absolute Gasteiger partial charge is 0.444 e. The quantitative estimate of drug-likeness (QED) is 0.607. The van der Waals surface area contributed by atoms with Gasteiger partial charge in [0.05, 0.1) is 11.8 Å². The molecule has 0 aliphatic carbocycles. The van der Waals surface area contributed by atoms with Crippen molar-refractivity contribution >= 4 is 21.8 Å². The first-order chi connectivity index (χ1) is 13.3. The minimum Gasteiger partial charge on any atom is -0.444 e. The van der Waals surface area contributed by atoms with Gasteiger partial charge < -0.3 is 15.0 Å². The fraction of sp³-hybridized carbons (Fsp3) is 0.650. The van der Waals surface area contributed by atoms with E-state index in [2.05, 4.69) is 10.3 Å². The number of nitrogens with one attached hydrogen (secondary N) is 1. The number of amides is 2. The number of ether oxygens (including phenoxy) is 1. The van der Waals surface area contributed by atoms with Crippen molar-refractivity contribution in [3.63, 3.8) is 0 Å². The number of hydrogen-bond donors (Lipinski definition) is 1. The average molecular weight is 428 g/mol. The molecule has 1 heterocycles. The van der Waals surface area contributed by atoms with Crippen molar-refractivity contribution in [1.29, 1.82) is 0 Å². The maximum atomic E-state index is 12.5. The molecule has 1 rings (SSSR count). The van der Waals surface area contributed by atoms with Crippen molar-refractivity contribution in [1.82, 2.24) is 15.2 Å². The molecular weight excluding hydrogens is 394 g/mol. The van der Waals surface area contributed by atoms with Crippen LogP contribution in [0.3, 0.4) is 0 Å². The molecule has 1 N–H and O–H groups in total. The summed E-state index contributed by atoms with van der Waals surface area (Å²) >= 11 is 0. The molecular formula is C20H33N3O5S. The molecule has 2 amide bonds. The maximum absolute atomic E-state index is 12.5. The summed E-state index contributed by atoms with van der Waals surface area (Å²) in [6.45, 7) is 10.8. The minimum absolute atomic E-state index is 0.253. The number of rotatable bonds is 9. The van der Waals surface area contributed by atoms with E-state index in [1.54, 1.807) is 58.0 Å². The van der Waals surface area contributed by atoms with Crippen LogP contribution >= 0.6 is 0 Å². The molecule has 0 spiro atoms. The van der Waals surface area contributed by atoms with E-state index in [9.17, 15) is 18.0 Å². The van der Waals surface area contributed by atoms with Gasteiger partial charge >= 0.3 is 6.09 Å². The predicted molar refractivity (Wildman–Crippen MR) is 112 cm³/mol. The lowest BCUT2D eigenvalue weighted by molar-refractivity contribution is -0.120. The number of carbonyl (C=O) groups is 2. The zero-order valence-corrected chi connectivity index (χ0v) is 19.0. The molecule has 0 saturated heterocycles. The van der Waals surface area contributed by atoms with Gasteiger partial charge in [-0.1, -0.05) is 6.07 Å². The van der Waals surface area contributed by atoms with Gasteiger partial charge in [0.15, 0.2) is 9.84 Å². The Hall–Kier alpha value is -2.16. The molecule has 0 aliphatic rings. The summed E-state index contributed by atoms with van der Waals surface area (Å²) in [5.41, 5.74) is 0.234. The van der Waals surface area contributed by atoms with Crippen LogP contribution in [0.5, 0.6) is 0 Å². The Kier molecular flexibility index (Phi) is 9.07. The second-order valence-electron chi connectivity index (χ2n) is 8.19. The summed E-state index contributed by atoms with van der Waals surface area (Å²) < 4.78 is 29.7. The molecule has 0 fully saturated rings. The van der Waals surface area contributed by atoms with E-state index in [1.807, 2.05) is 6.07 Å². The van der Waals surface area contributed by atoms with Gasteiger partial charge in [-0.25, -0.2) is 13.2 Å². The number of sulfone groups is 1. The normalized spacial score (nSPS) is 13.1. The van der Waals surface area contributed by atoms with Gasteiger partial charge in [-0.3, -0.25) is 9.78 Å². The van der Waals surface area contributed by atoms with Crippen molar-refractivity contribution in [3.05, 3.63) is 30.1 Å². The van der Waals surface area contributed by atoms with E-state index in [0.717, 1.165) is 5.56 Å². The lowest BCUT2D eigenvalue weighted by Gasteiger charge is -2.27. The second kappa shape index (κ2) is 10.6. The van der Waals surface area contributed by atoms with Crippen molar-refractivity contribution in [2.45, 2.75) is 70.6 Å². The predicted octanol–water partition coefficient (Wildman–Crippen LogP) is 2.54. The van der Waals surface area contributed by atoms with E-state index in [-0.39, 0.29) is 6.54 Å². The topological polar surface area (TPSA) is 106 Å². The highest BCUT2D eigenvalue weighted by Gasteiger charge is 2.30. The highest BCUT2D eigenvalue weighted by molar-refractivity contribution is 7.93. The number of aromatic nitrogens is 1. The third-order valence-corrected chi connectivity index (χ3v) is 6.68. The molecule has 29 heavy (non-hydrogen) atoms. The second-order valence-corrected chi connectivity index (χ2v) is 11.0. The Balaban J connectivity index is 2.66. The summed E-state index contributed by atoms with van der Waals surface area (Å²) in [4.78, 5) is 30.3. The summed E-state index contributed by atoms with van der Waals surface area (Å²) in [7, 11) is -3.51. The molecule has 0 aromatic carbocycles.